The molecule has 1 heterocycles. The van der Waals surface area contributed by atoms with Gasteiger partial charge < -0.3 is 9.47 Å². The lowest BCUT2D eigenvalue weighted by molar-refractivity contribution is 0.0732. The van der Waals surface area contributed by atoms with Gasteiger partial charge in [-0.3, -0.25) is 9.59 Å². The highest BCUT2D eigenvalue weighted by Gasteiger charge is 2.37. The van der Waals surface area contributed by atoms with E-state index in [2.05, 4.69) is 5.92 Å². The summed E-state index contributed by atoms with van der Waals surface area (Å²) in [5.74, 6) is 0.197. The Morgan fingerprint density at radius 2 is 1.16 bits per heavy atom. The molecule has 5 rings (SSSR count). The first-order valence-electron chi connectivity index (χ1n) is 11.1. The topological polar surface area (TPSA) is 90.0 Å². The molecule has 4 aromatic carbocycles. The van der Waals surface area contributed by atoms with Crippen LogP contribution in [-0.4, -0.2) is 23.8 Å². The van der Waals surface area contributed by atoms with Crippen LogP contribution in [0.5, 0.6) is 11.5 Å². The third-order valence-corrected chi connectivity index (χ3v) is 5.61. The number of imide groups is 1. The molecule has 7 nitrogen and oxygen atoms in total. The number of hydrogen-bond donors (Lipinski definition) is 0. The van der Waals surface area contributed by atoms with Gasteiger partial charge >= 0.3 is 11.9 Å². The summed E-state index contributed by atoms with van der Waals surface area (Å²) >= 11 is 0. The maximum atomic E-state index is 13.2. The Morgan fingerprint density at radius 1 is 0.649 bits per heavy atom. The number of fused-ring (bicyclic) bond motifs is 1. The van der Waals surface area contributed by atoms with Gasteiger partial charge in [0.15, 0.2) is 0 Å². The predicted molar refractivity (Wildman–Crippen MR) is 135 cm³/mol. The highest BCUT2D eigenvalue weighted by atomic mass is 16.5. The number of ether oxygens (including phenoxy) is 2. The molecule has 37 heavy (non-hydrogen) atoms. The van der Waals surface area contributed by atoms with Crippen LogP contribution in [0.15, 0.2) is 97.1 Å². The minimum atomic E-state index is -0.784. The van der Waals surface area contributed by atoms with Crippen LogP contribution in [0.25, 0.3) is 0 Å². The van der Waals surface area contributed by atoms with E-state index < -0.39 is 23.8 Å². The molecule has 0 bridgehead atoms. The van der Waals surface area contributed by atoms with Crippen molar-refractivity contribution in [1.82, 2.24) is 0 Å². The number of nitrogens with zero attached hydrogens (tertiary/aromatic N) is 1. The second-order valence-electron chi connectivity index (χ2n) is 8.02. The van der Waals surface area contributed by atoms with Gasteiger partial charge in [-0.15, -0.1) is 6.42 Å². The van der Waals surface area contributed by atoms with Crippen LogP contribution in [0.3, 0.4) is 0 Å². The summed E-state index contributed by atoms with van der Waals surface area (Å²) in [4.78, 5) is 53.3. The second-order valence-corrected chi connectivity index (χ2v) is 8.02. The van der Waals surface area contributed by atoms with Crippen LogP contribution in [0.1, 0.15) is 47.0 Å². The maximum Gasteiger partial charge on any atom is 0.343 e. The Kier molecular flexibility index (Phi) is 6.06. The smallest absolute Gasteiger partial charge is 0.343 e. The number of para-hydroxylation sites is 2. The molecular weight excluding hydrogens is 470 g/mol. The van der Waals surface area contributed by atoms with Crippen molar-refractivity contribution in [2.45, 2.75) is 0 Å². The molecule has 0 spiro atoms. The van der Waals surface area contributed by atoms with Gasteiger partial charge in [-0.1, -0.05) is 42.3 Å². The molecule has 0 radical (unpaired) electrons. The molecule has 0 aliphatic carbocycles. The van der Waals surface area contributed by atoms with Gasteiger partial charge in [-0.25, -0.2) is 14.5 Å². The molecule has 0 aromatic heterocycles. The number of hydrogen-bond acceptors (Lipinski definition) is 6. The summed E-state index contributed by atoms with van der Waals surface area (Å²) in [6, 6.07) is 25.1. The lowest BCUT2D eigenvalue weighted by Gasteiger charge is -2.16. The van der Waals surface area contributed by atoms with E-state index in [0.29, 0.717) is 5.56 Å². The monoisotopic (exact) mass is 487 g/mol. The zero-order chi connectivity index (χ0) is 25.9. The molecule has 1 aliphatic rings. The minimum absolute atomic E-state index is 0.0102. The van der Waals surface area contributed by atoms with Gasteiger partial charge in [0.1, 0.15) is 11.5 Å². The summed E-state index contributed by atoms with van der Waals surface area (Å²) in [5, 5.41) is 0. The standard InChI is InChI=1S/C30H17NO6/c1-2-19-13-14-25-26(15-19)28(33)31(27(25)32)22-17-20(29(34)36-23-9-5-3-6-10-23)16-21(18-22)30(35)37-24-11-7-4-8-12-24/h1,3-18H. The first-order chi connectivity index (χ1) is 17.9. The van der Waals surface area contributed by atoms with Crippen molar-refractivity contribution < 1.29 is 28.7 Å². The Bertz CT molecular complexity index is 1530. The van der Waals surface area contributed by atoms with Crippen molar-refractivity contribution in [1.29, 1.82) is 0 Å². The number of amides is 2. The predicted octanol–water partition coefficient (Wildman–Crippen LogP) is 4.91. The summed E-state index contributed by atoms with van der Waals surface area (Å²) < 4.78 is 10.8. The van der Waals surface area contributed by atoms with Gasteiger partial charge in [0.2, 0.25) is 0 Å². The molecule has 1 aliphatic heterocycles. The number of carbonyl (C=O) groups excluding carboxylic acids is 4. The average molecular weight is 487 g/mol. The Labute approximate surface area is 211 Å². The van der Waals surface area contributed by atoms with E-state index in [1.54, 1.807) is 66.7 Å². The number of benzene rings is 4. The number of anilines is 1. The van der Waals surface area contributed by atoms with Crippen molar-refractivity contribution in [2.75, 3.05) is 4.90 Å². The first kappa shape index (κ1) is 23.3. The van der Waals surface area contributed by atoms with Crippen LogP contribution < -0.4 is 14.4 Å². The molecule has 0 unspecified atom stereocenters. The third-order valence-electron chi connectivity index (χ3n) is 5.61. The summed E-state index contributed by atoms with van der Waals surface area (Å²) in [6.07, 6.45) is 5.44. The van der Waals surface area contributed by atoms with Gasteiger partial charge in [-0.2, -0.15) is 0 Å². The Balaban J connectivity index is 1.55. The van der Waals surface area contributed by atoms with E-state index in [1.165, 1.54) is 30.3 Å². The van der Waals surface area contributed by atoms with Crippen molar-refractivity contribution in [3.05, 3.63) is 125 Å². The average Bonchev–Trinajstić information content (AvgIpc) is 3.18. The Hall–Kier alpha value is -5.48. The van der Waals surface area contributed by atoms with Gasteiger partial charge in [0.05, 0.1) is 27.9 Å². The van der Waals surface area contributed by atoms with Crippen LogP contribution in [-0.2, 0) is 0 Å². The van der Waals surface area contributed by atoms with Gasteiger partial charge in [0.25, 0.3) is 11.8 Å². The SMILES string of the molecule is C#Cc1ccc2c(c1)C(=O)N(c1cc(C(=O)Oc3ccccc3)cc(C(=O)Oc3ccccc3)c1)C2=O. The maximum absolute atomic E-state index is 13.2. The number of terminal acetylenes is 1. The van der Waals surface area contributed by atoms with Gasteiger partial charge in [-0.05, 0) is 60.7 Å². The summed E-state index contributed by atoms with van der Waals surface area (Å²) in [6.45, 7) is 0. The highest BCUT2D eigenvalue weighted by molar-refractivity contribution is 6.34. The van der Waals surface area contributed by atoms with Crippen LogP contribution in [0, 0.1) is 12.3 Å². The van der Waals surface area contributed by atoms with E-state index in [-0.39, 0.29) is 39.4 Å². The fourth-order valence-corrected chi connectivity index (χ4v) is 3.85. The van der Waals surface area contributed by atoms with Crippen LogP contribution in [0.2, 0.25) is 0 Å². The molecule has 0 atom stereocenters. The van der Waals surface area contributed by atoms with Crippen LogP contribution in [0.4, 0.5) is 5.69 Å². The number of carbonyl (C=O) groups is 4. The molecule has 0 saturated carbocycles. The van der Waals surface area contributed by atoms with Crippen molar-refractivity contribution >= 4 is 29.4 Å². The van der Waals surface area contributed by atoms with E-state index in [1.807, 2.05) is 0 Å². The molecule has 2 amide bonds. The van der Waals surface area contributed by atoms with Crippen molar-refractivity contribution in [3.8, 4) is 23.8 Å². The molecule has 178 valence electrons. The molecule has 7 heteroatoms. The summed E-state index contributed by atoms with van der Waals surface area (Å²) in [5.41, 5.74) is 0.635. The fourth-order valence-electron chi connectivity index (χ4n) is 3.85. The first-order valence-corrected chi connectivity index (χ1v) is 11.1. The summed E-state index contributed by atoms with van der Waals surface area (Å²) in [7, 11) is 0. The van der Waals surface area contributed by atoms with Crippen LogP contribution >= 0.6 is 0 Å². The fraction of sp³-hybridized carbons (Fsp3) is 0. The molecule has 0 saturated heterocycles. The molecule has 0 N–H and O–H groups in total. The zero-order valence-corrected chi connectivity index (χ0v) is 19.2. The minimum Gasteiger partial charge on any atom is -0.423 e. The Morgan fingerprint density at radius 3 is 1.68 bits per heavy atom. The van der Waals surface area contributed by atoms with Gasteiger partial charge in [0, 0.05) is 5.56 Å². The quantitative estimate of drug-likeness (QED) is 0.172. The van der Waals surface area contributed by atoms with E-state index in [9.17, 15) is 19.2 Å². The third kappa shape index (κ3) is 4.59. The van der Waals surface area contributed by atoms with E-state index >= 15 is 0 Å². The zero-order valence-electron chi connectivity index (χ0n) is 19.2. The van der Waals surface area contributed by atoms with Crippen molar-refractivity contribution in [2.24, 2.45) is 0 Å². The molecule has 0 fully saturated rings. The van der Waals surface area contributed by atoms with Crippen molar-refractivity contribution in [3.63, 3.8) is 0 Å². The number of esters is 2. The normalized spacial score (nSPS) is 12.0. The highest BCUT2D eigenvalue weighted by Crippen LogP contribution is 2.31. The van der Waals surface area contributed by atoms with E-state index in [0.717, 1.165) is 4.90 Å². The lowest BCUT2D eigenvalue weighted by atomic mass is 10.1. The molecule has 4 aromatic rings. The second kappa shape index (κ2) is 9.64. The lowest BCUT2D eigenvalue weighted by Crippen LogP contribution is -2.30. The largest absolute Gasteiger partial charge is 0.423 e. The van der Waals surface area contributed by atoms with E-state index in [4.69, 9.17) is 15.9 Å². The molecular formula is C30H17NO6. The number of rotatable bonds is 5.